The molecule has 2 heterocycles. The molecule has 3 aromatic carbocycles. The Morgan fingerprint density at radius 2 is 1.63 bits per heavy atom. The summed E-state index contributed by atoms with van der Waals surface area (Å²) in [4.78, 5) is 41.2. The van der Waals surface area contributed by atoms with E-state index in [1.807, 2.05) is 37.3 Å². The number of nitrogens with zero attached hydrogens (tertiary/aromatic N) is 5. The number of rotatable bonds is 13. The molecule has 5 rings (SSSR count). The molecule has 0 bridgehead atoms. The lowest BCUT2D eigenvalue weighted by molar-refractivity contribution is -0.148. The van der Waals surface area contributed by atoms with E-state index < -0.39 is 18.0 Å². The Morgan fingerprint density at radius 1 is 0.902 bits per heavy atom. The molecule has 15 heteroatoms. The molecular weight excluding hydrogens is 760 g/mol. The average Bonchev–Trinajstić information content (AvgIpc) is 3.82. The summed E-state index contributed by atoms with van der Waals surface area (Å²) in [7, 11) is 0. The first-order valence-electron chi connectivity index (χ1n) is 15.7. The van der Waals surface area contributed by atoms with E-state index in [1.165, 1.54) is 17.8 Å². The number of carbonyl (C=O) groups is 3. The predicted octanol–water partition coefficient (Wildman–Crippen LogP) is 9.76. The molecule has 5 aromatic rings. The van der Waals surface area contributed by atoms with E-state index in [2.05, 4.69) is 10.1 Å². The largest absolute Gasteiger partial charge is 0.489 e. The fraction of sp³-hybridized carbons (Fsp3) is 0.250. The highest BCUT2D eigenvalue weighted by molar-refractivity contribution is 6.42. The highest BCUT2D eigenvalue weighted by Gasteiger charge is 2.31. The molecule has 0 N–H and O–H groups in total. The van der Waals surface area contributed by atoms with Crippen LogP contribution in [0.15, 0.2) is 91.6 Å². The molecule has 0 saturated carbocycles. The van der Waals surface area contributed by atoms with Gasteiger partial charge in [-0.2, -0.15) is 5.10 Å². The highest BCUT2D eigenvalue weighted by atomic mass is 35.5. The minimum atomic E-state index is -0.734. The third-order valence-corrected chi connectivity index (χ3v) is 8.92. The van der Waals surface area contributed by atoms with E-state index in [0.29, 0.717) is 49.6 Å². The first-order chi connectivity index (χ1) is 24.5. The van der Waals surface area contributed by atoms with Crippen LogP contribution in [0.2, 0.25) is 25.1 Å². The van der Waals surface area contributed by atoms with Crippen LogP contribution in [0.5, 0.6) is 5.75 Å². The average molecular weight is 794 g/mol. The smallest absolute Gasteiger partial charge is 0.329 e. The molecule has 0 spiro atoms. The van der Waals surface area contributed by atoms with Crippen molar-refractivity contribution in [2.45, 2.75) is 38.7 Å². The van der Waals surface area contributed by atoms with Crippen LogP contribution in [0.3, 0.4) is 0 Å². The number of para-hydroxylation sites is 1. The van der Waals surface area contributed by atoms with Crippen molar-refractivity contribution in [2.24, 2.45) is 0 Å². The summed E-state index contributed by atoms with van der Waals surface area (Å²) in [5.74, 6) is -0.540. The molecule has 10 nitrogen and oxygen atoms in total. The van der Waals surface area contributed by atoms with Crippen molar-refractivity contribution in [3.63, 3.8) is 0 Å². The van der Waals surface area contributed by atoms with Gasteiger partial charge in [0.25, 0.3) is 0 Å². The van der Waals surface area contributed by atoms with Gasteiger partial charge in [0.1, 0.15) is 19.2 Å². The molecular formula is C36H34Cl5N5O5. The van der Waals surface area contributed by atoms with Gasteiger partial charge in [-0.25, -0.2) is 14.5 Å². The molecule has 2 aromatic heterocycles. The molecule has 2 atom stereocenters. The molecule has 0 fully saturated rings. The second-order valence-corrected chi connectivity index (χ2v) is 13.1. The van der Waals surface area contributed by atoms with E-state index in [4.69, 9.17) is 67.5 Å². The number of aromatic nitrogens is 4. The number of halogens is 5. The lowest BCUT2D eigenvalue weighted by atomic mass is 9.88. The number of amides is 1. The van der Waals surface area contributed by atoms with Crippen LogP contribution >= 0.6 is 58.0 Å². The molecule has 268 valence electrons. The molecule has 0 saturated heterocycles. The minimum absolute atomic E-state index is 0.135. The van der Waals surface area contributed by atoms with Crippen LogP contribution in [0.4, 0.5) is 4.79 Å². The summed E-state index contributed by atoms with van der Waals surface area (Å²) in [5, 5.41) is 6.27. The van der Waals surface area contributed by atoms with Crippen LogP contribution in [-0.4, -0.2) is 62.2 Å². The van der Waals surface area contributed by atoms with Crippen molar-refractivity contribution in [3.8, 4) is 11.4 Å². The molecule has 0 aliphatic rings. The van der Waals surface area contributed by atoms with E-state index in [0.717, 1.165) is 24.0 Å². The summed E-state index contributed by atoms with van der Waals surface area (Å²) in [6.07, 6.45) is 7.31. The zero-order valence-corrected chi connectivity index (χ0v) is 31.4. The van der Waals surface area contributed by atoms with Crippen molar-refractivity contribution in [2.75, 3.05) is 19.7 Å². The van der Waals surface area contributed by atoms with Crippen molar-refractivity contribution in [1.29, 1.82) is 0 Å². The van der Waals surface area contributed by atoms with Gasteiger partial charge in [-0.15, -0.1) is 0 Å². The number of carbonyl (C=O) groups excluding carboxylic acids is 3. The number of benzene rings is 3. The van der Waals surface area contributed by atoms with Gasteiger partial charge in [-0.1, -0.05) is 89.2 Å². The van der Waals surface area contributed by atoms with Gasteiger partial charge >= 0.3 is 12.0 Å². The van der Waals surface area contributed by atoms with Gasteiger partial charge in [0.15, 0.2) is 11.9 Å². The fourth-order valence-electron chi connectivity index (χ4n) is 5.16. The fourth-order valence-corrected chi connectivity index (χ4v) is 6.39. The molecule has 0 unspecified atom stereocenters. The quantitative estimate of drug-likeness (QED) is 0.0863. The number of esters is 1. The lowest BCUT2D eigenvalue weighted by Gasteiger charge is -2.27. The summed E-state index contributed by atoms with van der Waals surface area (Å²) in [6.45, 7) is 4.62. The number of hydrogen-bond acceptors (Lipinski definition) is 7. The molecule has 1 amide bonds. The molecule has 0 aliphatic heterocycles. The topological polar surface area (TPSA) is 109 Å². The normalized spacial score (nSPS) is 11.9. The Labute approximate surface area is 320 Å². The van der Waals surface area contributed by atoms with Gasteiger partial charge in [-0.3, -0.25) is 9.36 Å². The van der Waals surface area contributed by atoms with Crippen LogP contribution in [0.1, 0.15) is 50.0 Å². The molecule has 0 aliphatic carbocycles. The first kappa shape index (κ1) is 39.7. The summed E-state index contributed by atoms with van der Waals surface area (Å²) in [5.41, 5.74) is 2.21. The van der Waals surface area contributed by atoms with Gasteiger partial charge in [0, 0.05) is 49.4 Å². The number of ether oxygens (including phenoxy) is 2. The van der Waals surface area contributed by atoms with Gasteiger partial charge in [0.2, 0.25) is 0 Å². The van der Waals surface area contributed by atoms with E-state index >= 15 is 0 Å². The zero-order valence-electron chi connectivity index (χ0n) is 27.6. The summed E-state index contributed by atoms with van der Waals surface area (Å²) < 4.78 is 14.4. The Bertz CT molecular complexity index is 1880. The zero-order chi connectivity index (χ0) is 36.9. The van der Waals surface area contributed by atoms with Crippen LogP contribution in [0, 0.1) is 0 Å². The Balaban J connectivity index is 0.000000233. The van der Waals surface area contributed by atoms with Gasteiger partial charge in [0.05, 0.1) is 38.0 Å². The summed E-state index contributed by atoms with van der Waals surface area (Å²) in [6, 6.07) is 19.4. The lowest BCUT2D eigenvalue weighted by Crippen LogP contribution is -2.37. The van der Waals surface area contributed by atoms with Gasteiger partial charge in [-0.05, 0) is 54.4 Å². The number of imidazole rings is 1. The standard InChI is InChI=1S/C21H18Cl2N2O3.C15H16Cl3N3O2/c1-14(27)28-21(17(10-12-26)15-7-8-18(22)19(23)13-15)20-9-11-24-25(20)16-5-3-2-4-6-16;1-2-4-20(15(22)21-5-3-19-10-21)6-7-23-14-12(17)8-11(16)9-13(14)18/h2-9,11-13,17,21H,10H2,1H3;3,5,8-10H,2,4,6-7H2,1H3/t17-,21-;/m0./s1. The Morgan fingerprint density at radius 3 is 2.24 bits per heavy atom. The third kappa shape index (κ3) is 11.0. The summed E-state index contributed by atoms with van der Waals surface area (Å²) >= 11 is 30.2. The van der Waals surface area contributed by atoms with Crippen molar-refractivity contribution in [1.82, 2.24) is 24.2 Å². The maximum atomic E-state index is 12.3. The Kier molecular flexibility index (Phi) is 15.2. The van der Waals surface area contributed by atoms with E-state index in [-0.39, 0.29) is 19.1 Å². The molecule has 51 heavy (non-hydrogen) atoms. The second kappa shape index (κ2) is 19.5. The Hall–Kier alpha value is -4.06. The number of hydrogen-bond donors (Lipinski definition) is 0. The predicted molar refractivity (Wildman–Crippen MR) is 200 cm³/mol. The van der Waals surface area contributed by atoms with Crippen LogP contribution in [0.25, 0.3) is 5.69 Å². The second-order valence-electron chi connectivity index (χ2n) is 11.0. The number of aldehydes is 1. The minimum Gasteiger partial charge on any atom is -0.489 e. The maximum absolute atomic E-state index is 12.3. The van der Waals surface area contributed by atoms with Crippen LogP contribution < -0.4 is 4.74 Å². The van der Waals surface area contributed by atoms with Crippen LogP contribution in [-0.2, 0) is 14.3 Å². The van der Waals surface area contributed by atoms with E-state index in [9.17, 15) is 14.4 Å². The maximum Gasteiger partial charge on any atom is 0.329 e. The van der Waals surface area contributed by atoms with Crippen molar-refractivity contribution in [3.05, 3.63) is 128 Å². The monoisotopic (exact) mass is 791 g/mol. The van der Waals surface area contributed by atoms with E-state index in [1.54, 1.807) is 64.6 Å². The molecule has 0 radical (unpaired) electrons. The van der Waals surface area contributed by atoms with Crippen molar-refractivity contribution < 1.29 is 23.9 Å². The van der Waals surface area contributed by atoms with Crippen molar-refractivity contribution >= 4 is 76.3 Å². The SMILES string of the molecule is CC(=O)O[C@H](c1ccnn1-c1ccccc1)[C@@H](CC=O)c1ccc(Cl)c(Cl)c1.CCCN(CCOc1c(Cl)cc(Cl)cc1Cl)C(=O)n1ccnc1. The van der Waals surface area contributed by atoms with Gasteiger partial charge < -0.3 is 19.2 Å². The first-order valence-corrected chi connectivity index (χ1v) is 17.6. The highest BCUT2D eigenvalue weighted by Crippen LogP contribution is 2.39. The third-order valence-electron chi connectivity index (χ3n) is 7.40.